The molecule has 2 aromatic carbocycles. The Morgan fingerprint density at radius 2 is 1.78 bits per heavy atom. The van der Waals surface area contributed by atoms with Crippen LogP contribution < -0.4 is 5.32 Å². The number of rotatable bonds is 3. The van der Waals surface area contributed by atoms with Gasteiger partial charge in [0.2, 0.25) is 0 Å². The van der Waals surface area contributed by atoms with Crippen LogP contribution in [0.15, 0.2) is 41.6 Å². The topological polar surface area (TPSA) is 121 Å². The smallest absolute Gasteiger partial charge is 0.336 e. The summed E-state index contributed by atoms with van der Waals surface area (Å²) in [5, 5.41) is 40.4. The molecule has 6 nitrogen and oxygen atoms in total. The molecule has 2 N–H and O–H groups in total. The Morgan fingerprint density at radius 1 is 1.13 bits per heavy atom. The number of fused-ring (bicyclic) bond motifs is 1. The molecule has 0 saturated carbocycles. The molecule has 0 spiro atoms. The number of hydrogen-bond acceptors (Lipinski definition) is 5. The number of hydrogen-bond donors (Lipinski definition) is 2. The van der Waals surface area contributed by atoms with Gasteiger partial charge < -0.3 is 10.4 Å². The van der Waals surface area contributed by atoms with Crippen LogP contribution in [0.2, 0.25) is 0 Å². The van der Waals surface area contributed by atoms with Crippen molar-refractivity contribution in [2.75, 3.05) is 5.32 Å². The van der Waals surface area contributed by atoms with Crippen molar-refractivity contribution in [1.29, 1.82) is 15.8 Å². The first-order valence-corrected chi connectivity index (χ1v) is 6.50. The van der Waals surface area contributed by atoms with Crippen LogP contribution in [0.5, 0.6) is 0 Å². The van der Waals surface area contributed by atoms with Gasteiger partial charge in [0, 0.05) is 5.39 Å². The minimum absolute atomic E-state index is 0.0824. The minimum atomic E-state index is -1.10. The third-order valence-electron chi connectivity index (χ3n) is 3.37. The lowest BCUT2D eigenvalue weighted by Crippen LogP contribution is -2.07. The molecule has 0 heterocycles. The van der Waals surface area contributed by atoms with Crippen LogP contribution >= 0.6 is 0 Å². The summed E-state index contributed by atoms with van der Waals surface area (Å²) in [6.45, 7) is 1.60. The van der Waals surface area contributed by atoms with Crippen molar-refractivity contribution in [2.45, 2.75) is 6.92 Å². The predicted octanol–water partition coefficient (Wildman–Crippen LogP) is 3.08. The minimum Gasteiger partial charge on any atom is -0.478 e. The Hall–Kier alpha value is -3.82. The van der Waals surface area contributed by atoms with Crippen LogP contribution in [0.1, 0.15) is 15.9 Å². The van der Waals surface area contributed by atoms with Gasteiger partial charge in [0.05, 0.1) is 11.3 Å². The van der Waals surface area contributed by atoms with Gasteiger partial charge in [-0.3, -0.25) is 0 Å². The quantitative estimate of drug-likeness (QED) is 0.840. The number of anilines is 1. The molecule has 23 heavy (non-hydrogen) atoms. The SMILES string of the molecule is Cc1c(C(=O)O)cc2ccccc2c1NC(C#N)=C(C#N)C#N. The van der Waals surface area contributed by atoms with Crippen LogP contribution in [0.3, 0.4) is 0 Å². The molecule has 0 unspecified atom stereocenters. The zero-order valence-electron chi connectivity index (χ0n) is 12.1. The van der Waals surface area contributed by atoms with Gasteiger partial charge in [-0.05, 0) is 23.9 Å². The molecule has 0 aliphatic carbocycles. The Bertz CT molecular complexity index is 953. The van der Waals surface area contributed by atoms with E-state index in [4.69, 9.17) is 10.5 Å². The lowest BCUT2D eigenvalue weighted by molar-refractivity contribution is 0.0696. The molecular formula is C17H10N4O2. The highest BCUT2D eigenvalue weighted by molar-refractivity contribution is 6.04. The van der Waals surface area contributed by atoms with Crippen LogP contribution in [0.4, 0.5) is 5.69 Å². The van der Waals surface area contributed by atoms with Crippen molar-refractivity contribution < 1.29 is 9.90 Å². The van der Waals surface area contributed by atoms with E-state index >= 15 is 0 Å². The number of carboxylic acids is 1. The number of benzene rings is 2. The summed E-state index contributed by atoms with van der Waals surface area (Å²) in [6.07, 6.45) is 0. The third-order valence-corrected chi connectivity index (χ3v) is 3.37. The zero-order chi connectivity index (χ0) is 17.0. The van der Waals surface area contributed by atoms with Crippen molar-refractivity contribution in [2.24, 2.45) is 0 Å². The maximum absolute atomic E-state index is 11.4. The van der Waals surface area contributed by atoms with E-state index in [2.05, 4.69) is 5.32 Å². The van der Waals surface area contributed by atoms with Gasteiger partial charge >= 0.3 is 5.97 Å². The van der Waals surface area contributed by atoms with E-state index < -0.39 is 5.97 Å². The Kier molecular flexibility index (Phi) is 4.27. The highest BCUT2D eigenvalue weighted by atomic mass is 16.4. The number of nitrogens with one attached hydrogen (secondary N) is 1. The summed E-state index contributed by atoms with van der Waals surface area (Å²) < 4.78 is 0. The van der Waals surface area contributed by atoms with Gasteiger partial charge in [0.1, 0.15) is 23.9 Å². The van der Waals surface area contributed by atoms with Gasteiger partial charge in [-0.15, -0.1) is 0 Å². The molecule has 0 bridgehead atoms. The highest BCUT2D eigenvalue weighted by Crippen LogP contribution is 2.31. The molecule has 0 atom stereocenters. The molecule has 0 aliphatic rings. The standard InChI is InChI=1S/C17H10N4O2/c1-10-14(17(22)23)6-11-4-2-3-5-13(11)16(10)21-15(9-20)12(7-18)8-19/h2-6,21H,1H3,(H,22,23). The first kappa shape index (κ1) is 15.6. The lowest BCUT2D eigenvalue weighted by atomic mass is 9.98. The summed E-state index contributed by atoms with van der Waals surface area (Å²) >= 11 is 0. The fourth-order valence-electron chi connectivity index (χ4n) is 2.24. The Morgan fingerprint density at radius 3 is 2.35 bits per heavy atom. The molecule has 0 saturated heterocycles. The van der Waals surface area contributed by atoms with Gasteiger partial charge in [-0.1, -0.05) is 24.3 Å². The Labute approximate surface area is 132 Å². The van der Waals surface area contributed by atoms with Crippen LogP contribution in [-0.4, -0.2) is 11.1 Å². The molecule has 110 valence electrons. The van der Waals surface area contributed by atoms with E-state index in [1.54, 1.807) is 55.5 Å². The van der Waals surface area contributed by atoms with Gasteiger partial charge in [-0.2, -0.15) is 15.8 Å². The first-order valence-electron chi connectivity index (χ1n) is 6.50. The molecule has 2 aromatic rings. The maximum Gasteiger partial charge on any atom is 0.336 e. The van der Waals surface area contributed by atoms with E-state index in [1.807, 2.05) is 0 Å². The van der Waals surface area contributed by atoms with E-state index in [1.165, 1.54) is 0 Å². The van der Waals surface area contributed by atoms with Crippen molar-refractivity contribution >= 4 is 22.4 Å². The summed E-state index contributed by atoms with van der Waals surface area (Å²) in [6, 6.07) is 13.7. The number of allylic oxidation sites excluding steroid dienone is 2. The molecule has 0 radical (unpaired) electrons. The number of carboxylic acid groups (broad SMARTS) is 1. The summed E-state index contributed by atoms with van der Waals surface area (Å²) in [4.78, 5) is 11.4. The van der Waals surface area contributed by atoms with Crippen molar-refractivity contribution in [1.82, 2.24) is 0 Å². The summed E-state index contributed by atoms with van der Waals surface area (Å²) in [7, 11) is 0. The lowest BCUT2D eigenvalue weighted by Gasteiger charge is -2.14. The average molecular weight is 302 g/mol. The number of carbonyl (C=O) groups is 1. The second-order valence-corrected chi connectivity index (χ2v) is 4.66. The van der Waals surface area contributed by atoms with Crippen molar-refractivity contribution in [3.05, 3.63) is 52.7 Å². The van der Waals surface area contributed by atoms with E-state index in [0.29, 0.717) is 22.0 Å². The molecular weight excluding hydrogens is 292 g/mol. The van der Waals surface area contributed by atoms with Crippen LogP contribution in [0, 0.1) is 40.9 Å². The zero-order valence-corrected chi connectivity index (χ0v) is 12.1. The van der Waals surface area contributed by atoms with Gasteiger partial charge in [-0.25, -0.2) is 4.79 Å². The van der Waals surface area contributed by atoms with Gasteiger partial charge in [0.15, 0.2) is 5.57 Å². The van der Waals surface area contributed by atoms with E-state index in [-0.39, 0.29) is 16.8 Å². The second-order valence-electron chi connectivity index (χ2n) is 4.66. The largest absolute Gasteiger partial charge is 0.478 e. The normalized spacial score (nSPS) is 9.30. The van der Waals surface area contributed by atoms with Crippen LogP contribution in [0.25, 0.3) is 10.8 Å². The molecule has 2 rings (SSSR count). The Balaban J connectivity index is 2.79. The first-order chi connectivity index (χ1) is 11.0. The predicted molar refractivity (Wildman–Crippen MR) is 83.1 cm³/mol. The fraction of sp³-hybridized carbons (Fsp3) is 0.0588. The highest BCUT2D eigenvalue weighted by Gasteiger charge is 2.16. The summed E-state index contributed by atoms with van der Waals surface area (Å²) in [5.74, 6) is -1.10. The van der Waals surface area contributed by atoms with Crippen molar-refractivity contribution in [3.63, 3.8) is 0 Å². The molecule has 6 heteroatoms. The molecule has 0 aliphatic heterocycles. The number of nitriles is 3. The van der Waals surface area contributed by atoms with E-state index in [9.17, 15) is 15.2 Å². The van der Waals surface area contributed by atoms with Crippen LogP contribution in [-0.2, 0) is 0 Å². The number of nitrogens with zero attached hydrogens (tertiary/aromatic N) is 3. The maximum atomic E-state index is 11.4. The molecule has 0 aromatic heterocycles. The van der Waals surface area contributed by atoms with Crippen molar-refractivity contribution in [3.8, 4) is 18.2 Å². The molecule has 0 fully saturated rings. The van der Waals surface area contributed by atoms with E-state index in [0.717, 1.165) is 0 Å². The third kappa shape index (κ3) is 2.81. The monoisotopic (exact) mass is 302 g/mol. The molecule has 0 amide bonds. The summed E-state index contributed by atoms with van der Waals surface area (Å²) in [5.41, 5.74) is 0.306. The average Bonchev–Trinajstić information content (AvgIpc) is 2.56. The van der Waals surface area contributed by atoms with Gasteiger partial charge in [0.25, 0.3) is 0 Å². The second kappa shape index (κ2) is 6.30. The number of aromatic carboxylic acids is 1. The fourth-order valence-corrected chi connectivity index (χ4v) is 2.24.